The highest BCUT2D eigenvalue weighted by molar-refractivity contribution is 5.88. The molecule has 0 atom stereocenters. The Bertz CT molecular complexity index is 497. The van der Waals surface area contributed by atoms with Crippen molar-refractivity contribution < 1.29 is 9.90 Å². The Morgan fingerprint density at radius 2 is 2.35 bits per heavy atom. The van der Waals surface area contributed by atoms with Gasteiger partial charge in [0.05, 0.1) is 5.56 Å². The van der Waals surface area contributed by atoms with E-state index in [0.717, 1.165) is 37.2 Å². The zero-order valence-electron chi connectivity index (χ0n) is 9.86. The van der Waals surface area contributed by atoms with Gasteiger partial charge in [0.1, 0.15) is 0 Å². The third-order valence-electron chi connectivity index (χ3n) is 3.00. The highest BCUT2D eigenvalue weighted by atomic mass is 16.4. The van der Waals surface area contributed by atoms with Gasteiger partial charge in [-0.15, -0.1) is 11.8 Å². The van der Waals surface area contributed by atoms with Crippen molar-refractivity contribution in [1.29, 1.82) is 0 Å². The fourth-order valence-electron chi connectivity index (χ4n) is 2.15. The number of anilines is 1. The number of rotatable bonds is 3. The smallest absolute Gasteiger partial charge is 0.335 e. The second kappa shape index (κ2) is 4.92. The molecule has 0 aliphatic carbocycles. The molecule has 0 radical (unpaired) electrons. The summed E-state index contributed by atoms with van der Waals surface area (Å²) in [4.78, 5) is 13.1. The first-order chi connectivity index (χ1) is 8.22. The second-order valence-corrected chi connectivity index (χ2v) is 4.06. The lowest BCUT2D eigenvalue weighted by molar-refractivity contribution is 0.0697. The van der Waals surface area contributed by atoms with Crippen LogP contribution in [0.1, 0.15) is 29.3 Å². The maximum atomic E-state index is 10.9. The molecule has 0 saturated carbocycles. The number of hydrogen-bond acceptors (Lipinski definition) is 2. The molecule has 0 unspecified atom stereocenters. The van der Waals surface area contributed by atoms with Gasteiger partial charge in [0.2, 0.25) is 0 Å². The van der Waals surface area contributed by atoms with Gasteiger partial charge in [0.15, 0.2) is 0 Å². The lowest BCUT2D eigenvalue weighted by Crippen LogP contribution is -2.21. The van der Waals surface area contributed by atoms with Gasteiger partial charge in [-0.1, -0.05) is 0 Å². The monoisotopic (exact) mass is 229 g/mol. The van der Waals surface area contributed by atoms with Crippen LogP contribution in [0.3, 0.4) is 0 Å². The zero-order chi connectivity index (χ0) is 12.3. The predicted octanol–water partition coefficient (Wildman–Crippen LogP) is 2.16. The topological polar surface area (TPSA) is 40.5 Å². The molecular weight excluding hydrogens is 214 g/mol. The molecule has 0 bridgehead atoms. The van der Waals surface area contributed by atoms with Crippen LogP contribution in [0.15, 0.2) is 18.2 Å². The third-order valence-corrected chi connectivity index (χ3v) is 3.00. The van der Waals surface area contributed by atoms with Gasteiger partial charge in [-0.3, -0.25) is 0 Å². The first-order valence-corrected chi connectivity index (χ1v) is 5.73. The highest BCUT2D eigenvalue weighted by Crippen LogP contribution is 2.28. The maximum Gasteiger partial charge on any atom is 0.335 e. The molecule has 1 N–H and O–H groups in total. The van der Waals surface area contributed by atoms with Gasteiger partial charge in [-0.25, -0.2) is 4.79 Å². The fraction of sp³-hybridized carbons (Fsp3) is 0.357. The van der Waals surface area contributed by atoms with Gasteiger partial charge in [-0.2, -0.15) is 0 Å². The van der Waals surface area contributed by atoms with Crippen LogP contribution in [-0.4, -0.2) is 24.2 Å². The number of nitrogens with zero attached hydrogens (tertiary/aromatic N) is 1. The van der Waals surface area contributed by atoms with E-state index in [2.05, 4.69) is 16.7 Å². The van der Waals surface area contributed by atoms with E-state index in [1.54, 1.807) is 12.1 Å². The van der Waals surface area contributed by atoms with Crippen molar-refractivity contribution in [3.05, 3.63) is 29.3 Å². The molecule has 88 valence electrons. The molecule has 1 aromatic carbocycles. The Morgan fingerprint density at radius 3 is 3.06 bits per heavy atom. The Balaban J connectivity index is 2.15. The molecule has 0 amide bonds. The minimum atomic E-state index is -0.858. The predicted molar refractivity (Wildman–Crippen MR) is 67.4 cm³/mol. The van der Waals surface area contributed by atoms with E-state index in [1.165, 1.54) is 0 Å². The number of hydrogen-bond donors (Lipinski definition) is 1. The van der Waals surface area contributed by atoms with Crippen molar-refractivity contribution in [3.63, 3.8) is 0 Å². The summed E-state index contributed by atoms with van der Waals surface area (Å²) in [5.74, 6) is 5.08. The lowest BCUT2D eigenvalue weighted by Gasteiger charge is -2.17. The summed E-state index contributed by atoms with van der Waals surface area (Å²) in [7, 11) is 0. The molecule has 1 aliphatic heterocycles. The maximum absolute atomic E-state index is 10.9. The normalized spacial score (nSPS) is 12.9. The first kappa shape index (κ1) is 11.5. The number of carboxylic acid groups (broad SMARTS) is 1. The Morgan fingerprint density at radius 1 is 1.53 bits per heavy atom. The standard InChI is InChI=1S/C14H15NO2/c1-2-3-4-8-15-9-7-11-10-12(14(16)17)5-6-13(11)15/h5-6,10H,4,7-9H2,1H3,(H,16,17). The molecule has 3 heteroatoms. The van der Waals surface area contributed by atoms with Crippen LogP contribution in [0.5, 0.6) is 0 Å². The SMILES string of the molecule is CC#CCCN1CCc2cc(C(=O)O)ccc21. The average Bonchev–Trinajstić information content (AvgIpc) is 2.72. The highest BCUT2D eigenvalue weighted by Gasteiger charge is 2.19. The second-order valence-electron chi connectivity index (χ2n) is 4.06. The summed E-state index contributed by atoms with van der Waals surface area (Å²) < 4.78 is 0. The summed E-state index contributed by atoms with van der Waals surface area (Å²) in [5, 5.41) is 8.92. The van der Waals surface area contributed by atoms with Crippen molar-refractivity contribution in [1.82, 2.24) is 0 Å². The van der Waals surface area contributed by atoms with Gasteiger partial charge >= 0.3 is 5.97 Å². The number of carbonyl (C=O) groups is 1. The van der Waals surface area contributed by atoms with Crippen LogP contribution in [0.4, 0.5) is 5.69 Å². The van der Waals surface area contributed by atoms with Gasteiger partial charge < -0.3 is 10.0 Å². The number of benzene rings is 1. The summed E-state index contributed by atoms with van der Waals surface area (Å²) in [6.07, 6.45) is 1.78. The zero-order valence-corrected chi connectivity index (χ0v) is 9.86. The van der Waals surface area contributed by atoms with Crippen LogP contribution in [0.25, 0.3) is 0 Å². The van der Waals surface area contributed by atoms with E-state index in [4.69, 9.17) is 5.11 Å². The average molecular weight is 229 g/mol. The van der Waals surface area contributed by atoms with E-state index in [-0.39, 0.29) is 0 Å². The van der Waals surface area contributed by atoms with Crippen LogP contribution in [-0.2, 0) is 6.42 Å². The minimum Gasteiger partial charge on any atom is -0.478 e. The molecule has 2 rings (SSSR count). The van der Waals surface area contributed by atoms with E-state index in [0.29, 0.717) is 5.56 Å². The van der Waals surface area contributed by atoms with Crippen molar-refractivity contribution in [2.45, 2.75) is 19.8 Å². The Hall–Kier alpha value is -1.95. The van der Waals surface area contributed by atoms with Gasteiger partial charge in [0.25, 0.3) is 0 Å². The van der Waals surface area contributed by atoms with Crippen LogP contribution >= 0.6 is 0 Å². The third kappa shape index (κ3) is 2.42. The summed E-state index contributed by atoms with van der Waals surface area (Å²) in [6, 6.07) is 5.36. The van der Waals surface area contributed by atoms with Crippen molar-refractivity contribution in [3.8, 4) is 11.8 Å². The van der Waals surface area contributed by atoms with Crippen LogP contribution < -0.4 is 4.90 Å². The number of fused-ring (bicyclic) bond motifs is 1. The molecule has 0 fully saturated rings. The van der Waals surface area contributed by atoms with Crippen molar-refractivity contribution in [2.75, 3.05) is 18.0 Å². The summed E-state index contributed by atoms with van der Waals surface area (Å²) >= 11 is 0. The lowest BCUT2D eigenvalue weighted by atomic mass is 10.1. The minimum absolute atomic E-state index is 0.374. The Labute approximate surface area is 101 Å². The van der Waals surface area contributed by atoms with E-state index >= 15 is 0 Å². The van der Waals surface area contributed by atoms with Gasteiger partial charge in [0, 0.05) is 25.2 Å². The molecule has 1 heterocycles. The summed E-state index contributed by atoms with van der Waals surface area (Å²) in [5.41, 5.74) is 2.67. The molecule has 0 spiro atoms. The quantitative estimate of drug-likeness (QED) is 0.807. The molecule has 1 aliphatic rings. The molecule has 17 heavy (non-hydrogen) atoms. The van der Waals surface area contributed by atoms with E-state index in [9.17, 15) is 4.79 Å². The van der Waals surface area contributed by atoms with Gasteiger partial charge in [-0.05, 0) is 37.1 Å². The van der Waals surface area contributed by atoms with E-state index in [1.807, 2.05) is 13.0 Å². The van der Waals surface area contributed by atoms with E-state index < -0.39 is 5.97 Å². The molecule has 0 aromatic heterocycles. The number of aromatic carboxylic acids is 1. The fourth-order valence-corrected chi connectivity index (χ4v) is 2.15. The first-order valence-electron chi connectivity index (χ1n) is 5.73. The largest absolute Gasteiger partial charge is 0.478 e. The van der Waals surface area contributed by atoms with Crippen molar-refractivity contribution >= 4 is 11.7 Å². The summed E-state index contributed by atoms with van der Waals surface area (Å²) in [6.45, 7) is 3.72. The molecule has 1 aromatic rings. The molecule has 3 nitrogen and oxygen atoms in total. The molecule has 0 saturated heterocycles. The Kier molecular flexibility index (Phi) is 3.34. The van der Waals surface area contributed by atoms with Crippen LogP contribution in [0.2, 0.25) is 0 Å². The molecular formula is C14H15NO2. The number of carboxylic acids is 1. The van der Waals surface area contributed by atoms with Crippen LogP contribution in [0, 0.1) is 11.8 Å². The van der Waals surface area contributed by atoms with Crippen molar-refractivity contribution in [2.24, 2.45) is 0 Å².